The predicted molar refractivity (Wildman–Crippen MR) is 127 cm³/mol. The number of aryl methyl sites for hydroxylation is 1. The van der Waals surface area contributed by atoms with Crippen molar-refractivity contribution in [3.8, 4) is 0 Å². The lowest BCUT2D eigenvalue weighted by molar-refractivity contribution is -0.119. The van der Waals surface area contributed by atoms with Gasteiger partial charge in [0.25, 0.3) is 10.0 Å². The summed E-state index contributed by atoms with van der Waals surface area (Å²) >= 11 is 7.88. The van der Waals surface area contributed by atoms with Gasteiger partial charge in [-0.15, -0.1) is 11.8 Å². The number of para-hydroxylation sites is 1. The fourth-order valence-electron chi connectivity index (χ4n) is 2.85. The van der Waals surface area contributed by atoms with Crippen LogP contribution in [0, 0.1) is 6.92 Å². The molecule has 3 aromatic rings. The Hall–Kier alpha value is -2.48. The van der Waals surface area contributed by atoms with Gasteiger partial charge in [0, 0.05) is 17.2 Å². The first-order chi connectivity index (χ1) is 14.9. The lowest BCUT2D eigenvalue weighted by atomic mass is 10.2. The average molecular weight is 475 g/mol. The summed E-state index contributed by atoms with van der Waals surface area (Å²) in [5.74, 6) is 0.274. The van der Waals surface area contributed by atoms with Gasteiger partial charge in [-0.05, 0) is 43.3 Å². The SMILES string of the molecule is Cc1ccc(SCCNC(=O)CN(c2ccccc2Cl)S(=O)(=O)c2ccccc2)cc1. The van der Waals surface area contributed by atoms with Crippen molar-refractivity contribution >= 4 is 45.0 Å². The highest BCUT2D eigenvalue weighted by Gasteiger charge is 2.28. The number of carbonyl (C=O) groups excluding carboxylic acids is 1. The maximum absolute atomic E-state index is 13.2. The van der Waals surface area contributed by atoms with Crippen LogP contribution in [0.3, 0.4) is 0 Å². The Balaban J connectivity index is 1.69. The number of hydrogen-bond acceptors (Lipinski definition) is 4. The minimum Gasteiger partial charge on any atom is -0.354 e. The van der Waals surface area contributed by atoms with Gasteiger partial charge in [-0.2, -0.15) is 0 Å². The largest absolute Gasteiger partial charge is 0.354 e. The third kappa shape index (κ3) is 6.26. The highest BCUT2D eigenvalue weighted by atomic mass is 35.5. The van der Waals surface area contributed by atoms with Crippen LogP contribution >= 0.6 is 23.4 Å². The van der Waals surface area contributed by atoms with Crippen LogP contribution in [0.4, 0.5) is 5.69 Å². The number of amides is 1. The first kappa shape index (κ1) is 23.2. The zero-order valence-corrected chi connectivity index (χ0v) is 19.4. The van der Waals surface area contributed by atoms with Gasteiger partial charge in [0.1, 0.15) is 6.54 Å². The van der Waals surface area contributed by atoms with Gasteiger partial charge >= 0.3 is 0 Å². The molecule has 3 rings (SSSR count). The maximum Gasteiger partial charge on any atom is 0.264 e. The molecule has 0 unspecified atom stereocenters. The van der Waals surface area contributed by atoms with Gasteiger partial charge in [-0.25, -0.2) is 8.42 Å². The smallest absolute Gasteiger partial charge is 0.264 e. The number of thioether (sulfide) groups is 1. The lowest BCUT2D eigenvalue weighted by Crippen LogP contribution is -2.41. The van der Waals surface area contributed by atoms with Crippen LogP contribution in [0.1, 0.15) is 5.56 Å². The van der Waals surface area contributed by atoms with Gasteiger partial charge in [0.05, 0.1) is 15.6 Å². The molecule has 3 aromatic carbocycles. The number of nitrogens with zero attached hydrogens (tertiary/aromatic N) is 1. The molecule has 0 atom stereocenters. The van der Waals surface area contributed by atoms with E-state index in [9.17, 15) is 13.2 Å². The van der Waals surface area contributed by atoms with Crippen molar-refractivity contribution < 1.29 is 13.2 Å². The Labute approximate surface area is 192 Å². The van der Waals surface area contributed by atoms with E-state index in [0.717, 1.165) is 9.20 Å². The van der Waals surface area contributed by atoms with E-state index in [0.29, 0.717) is 12.3 Å². The molecule has 1 amide bonds. The van der Waals surface area contributed by atoms with E-state index in [-0.39, 0.29) is 22.2 Å². The predicted octanol–water partition coefficient (Wildman–Crippen LogP) is 4.75. The van der Waals surface area contributed by atoms with Crippen molar-refractivity contribution in [3.05, 3.63) is 89.4 Å². The van der Waals surface area contributed by atoms with Gasteiger partial charge in [-0.3, -0.25) is 9.10 Å². The number of anilines is 1. The topological polar surface area (TPSA) is 66.5 Å². The number of rotatable bonds is 9. The molecule has 162 valence electrons. The summed E-state index contributed by atoms with van der Waals surface area (Å²) in [7, 11) is -3.97. The van der Waals surface area contributed by atoms with Gasteiger partial charge < -0.3 is 5.32 Å². The number of halogens is 1. The summed E-state index contributed by atoms with van der Waals surface area (Å²) in [6.45, 7) is 2.08. The molecule has 0 fully saturated rings. The van der Waals surface area contributed by atoms with Gasteiger partial charge in [-0.1, -0.05) is 59.6 Å². The quantitative estimate of drug-likeness (QED) is 0.359. The van der Waals surface area contributed by atoms with Crippen molar-refractivity contribution in [3.63, 3.8) is 0 Å². The standard InChI is InChI=1S/C23H23ClN2O3S2/c1-18-11-13-19(14-12-18)30-16-15-25-23(27)17-26(22-10-6-5-9-21(22)24)31(28,29)20-7-3-2-4-8-20/h2-14H,15-17H2,1H3,(H,25,27). The summed E-state index contributed by atoms with van der Waals surface area (Å²) in [6, 6.07) is 22.7. The molecule has 0 aliphatic heterocycles. The second-order valence-electron chi connectivity index (χ2n) is 6.79. The first-order valence-electron chi connectivity index (χ1n) is 9.66. The number of benzene rings is 3. The van der Waals surface area contributed by atoms with Crippen LogP contribution in [0.25, 0.3) is 0 Å². The maximum atomic E-state index is 13.2. The van der Waals surface area contributed by atoms with Crippen LogP contribution in [-0.2, 0) is 14.8 Å². The molecule has 8 heteroatoms. The third-order valence-electron chi connectivity index (χ3n) is 4.45. The van der Waals surface area contributed by atoms with Crippen LogP contribution in [-0.4, -0.2) is 33.2 Å². The minimum atomic E-state index is -3.97. The van der Waals surface area contributed by atoms with Crippen molar-refractivity contribution in [2.24, 2.45) is 0 Å². The monoisotopic (exact) mass is 474 g/mol. The van der Waals surface area contributed by atoms with Crippen LogP contribution in [0.5, 0.6) is 0 Å². The Kier molecular flexibility index (Phi) is 8.01. The van der Waals surface area contributed by atoms with Crippen molar-refractivity contribution in [1.82, 2.24) is 5.32 Å². The van der Waals surface area contributed by atoms with Crippen molar-refractivity contribution in [2.45, 2.75) is 16.7 Å². The fourth-order valence-corrected chi connectivity index (χ4v) is 5.37. The summed E-state index contributed by atoms with van der Waals surface area (Å²) < 4.78 is 27.5. The van der Waals surface area contributed by atoms with Crippen LogP contribution in [0.15, 0.2) is 88.7 Å². The third-order valence-corrected chi connectivity index (χ3v) is 7.56. The van der Waals surface area contributed by atoms with E-state index in [4.69, 9.17) is 11.6 Å². The number of carbonyl (C=O) groups is 1. The fraction of sp³-hybridized carbons (Fsp3) is 0.174. The Morgan fingerprint density at radius 3 is 2.29 bits per heavy atom. The second kappa shape index (κ2) is 10.7. The zero-order valence-electron chi connectivity index (χ0n) is 17.0. The van der Waals surface area contributed by atoms with E-state index in [1.165, 1.54) is 17.7 Å². The summed E-state index contributed by atoms with van der Waals surface area (Å²) in [5, 5.41) is 3.05. The van der Waals surface area contributed by atoms with Crippen molar-refractivity contribution in [1.29, 1.82) is 0 Å². The zero-order chi connectivity index (χ0) is 22.3. The molecular weight excluding hydrogens is 452 g/mol. The average Bonchev–Trinajstić information content (AvgIpc) is 2.77. The Morgan fingerprint density at radius 1 is 0.968 bits per heavy atom. The molecule has 31 heavy (non-hydrogen) atoms. The van der Waals surface area contributed by atoms with Crippen LogP contribution < -0.4 is 9.62 Å². The number of nitrogens with one attached hydrogen (secondary N) is 1. The molecule has 0 aromatic heterocycles. The molecule has 0 aliphatic rings. The highest BCUT2D eigenvalue weighted by molar-refractivity contribution is 7.99. The minimum absolute atomic E-state index is 0.0950. The molecule has 0 radical (unpaired) electrons. The van der Waals surface area contributed by atoms with E-state index in [1.54, 1.807) is 54.2 Å². The highest BCUT2D eigenvalue weighted by Crippen LogP contribution is 2.30. The molecule has 0 saturated carbocycles. The first-order valence-corrected chi connectivity index (χ1v) is 12.5. The second-order valence-corrected chi connectivity index (χ2v) is 10.2. The van der Waals surface area contributed by atoms with E-state index in [1.807, 2.05) is 31.2 Å². The molecule has 1 N–H and O–H groups in total. The molecule has 0 bridgehead atoms. The number of sulfonamides is 1. The Bertz CT molecular complexity index is 1120. The van der Waals surface area contributed by atoms with Gasteiger partial charge in [0.2, 0.25) is 5.91 Å². The van der Waals surface area contributed by atoms with E-state index >= 15 is 0 Å². The Morgan fingerprint density at radius 2 is 1.61 bits per heavy atom. The normalized spacial score (nSPS) is 11.2. The van der Waals surface area contributed by atoms with Crippen LogP contribution in [0.2, 0.25) is 5.02 Å². The molecule has 0 heterocycles. The summed E-state index contributed by atoms with van der Waals surface area (Å²) in [4.78, 5) is 13.8. The molecule has 0 saturated heterocycles. The lowest BCUT2D eigenvalue weighted by Gasteiger charge is -2.25. The molecular formula is C23H23ClN2O3S2. The molecule has 5 nitrogen and oxygen atoms in total. The summed E-state index contributed by atoms with van der Waals surface area (Å²) in [5.41, 5.74) is 1.45. The van der Waals surface area contributed by atoms with Crippen molar-refractivity contribution in [2.75, 3.05) is 23.1 Å². The van der Waals surface area contributed by atoms with E-state index < -0.39 is 15.9 Å². The molecule has 0 aliphatic carbocycles. The summed E-state index contributed by atoms with van der Waals surface area (Å²) in [6.07, 6.45) is 0. The van der Waals surface area contributed by atoms with Gasteiger partial charge in [0.15, 0.2) is 0 Å². The number of hydrogen-bond donors (Lipinski definition) is 1. The molecule has 0 spiro atoms. The van der Waals surface area contributed by atoms with E-state index in [2.05, 4.69) is 5.32 Å².